The Bertz CT molecular complexity index is 263. The van der Waals surface area contributed by atoms with E-state index in [0.29, 0.717) is 5.41 Å². The average Bonchev–Trinajstić information content (AvgIpc) is 2.32. The molecule has 0 saturated carbocycles. The molecule has 1 heterocycles. The van der Waals surface area contributed by atoms with Crippen molar-refractivity contribution in [2.24, 2.45) is 5.92 Å². The molecule has 1 rings (SSSR count). The SMILES string of the molecule is CC(C)Cc1csc(C(C)(C)C)c1. The summed E-state index contributed by atoms with van der Waals surface area (Å²) in [5, 5.41) is 2.31. The number of thiophene rings is 1. The maximum atomic E-state index is 2.37. The third-order valence-electron chi connectivity index (χ3n) is 2.04. The minimum atomic E-state index is 0.319. The summed E-state index contributed by atoms with van der Waals surface area (Å²) in [5.41, 5.74) is 1.82. The Morgan fingerprint density at radius 3 is 2.31 bits per heavy atom. The van der Waals surface area contributed by atoms with Crippen LogP contribution in [0.1, 0.15) is 45.1 Å². The lowest BCUT2D eigenvalue weighted by atomic mass is 9.93. The predicted molar refractivity (Wildman–Crippen MR) is 61.6 cm³/mol. The van der Waals surface area contributed by atoms with Gasteiger partial charge in [-0.1, -0.05) is 34.6 Å². The molecule has 0 radical (unpaired) electrons. The lowest BCUT2D eigenvalue weighted by Gasteiger charge is -2.15. The summed E-state index contributed by atoms with van der Waals surface area (Å²) in [7, 11) is 0. The first-order chi connectivity index (χ1) is 5.89. The summed E-state index contributed by atoms with van der Waals surface area (Å²) in [6.45, 7) is 11.4. The summed E-state index contributed by atoms with van der Waals surface area (Å²) in [6.07, 6.45) is 1.21. The Balaban J connectivity index is 2.75. The Labute approximate surface area is 86.0 Å². The van der Waals surface area contributed by atoms with E-state index in [9.17, 15) is 0 Å². The van der Waals surface area contributed by atoms with Crippen LogP contribution in [0.15, 0.2) is 11.4 Å². The van der Waals surface area contributed by atoms with Crippen LogP contribution in [0.3, 0.4) is 0 Å². The van der Waals surface area contributed by atoms with Crippen LogP contribution in [0.5, 0.6) is 0 Å². The second-order valence-electron chi connectivity index (χ2n) is 5.17. The molecule has 1 aromatic rings. The lowest BCUT2D eigenvalue weighted by Crippen LogP contribution is -2.08. The molecule has 0 aliphatic heterocycles. The van der Waals surface area contributed by atoms with Crippen molar-refractivity contribution < 1.29 is 0 Å². The molecule has 13 heavy (non-hydrogen) atoms. The molecule has 0 bridgehead atoms. The van der Waals surface area contributed by atoms with Gasteiger partial charge in [0.15, 0.2) is 0 Å². The van der Waals surface area contributed by atoms with E-state index in [4.69, 9.17) is 0 Å². The zero-order valence-corrected chi connectivity index (χ0v) is 10.2. The molecule has 0 spiro atoms. The second-order valence-corrected chi connectivity index (χ2v) is 6.08. The van der Waals surface area contributed by atoms with Gasteiger partial charge in [-0.25, -0.2) is 0 Å². The lowest BCUT2D eigenvalue weighted by molar-refractivity contribution is 0.601. The van der Waals surface area contributed by atoms with E-state index in [2.05, 4.69) is 46.1 Å². The van der Waals surface area contributed by atoms with Crippen LogP contribution in [-0.2, 0) is 11.8 Å². The molecule has 0 aliphatic carbocycles. The minimum absolute atomic E-state index is 0.319. The van der Waals surface area contributed by atoms with Crippen LogP contribution >= 0.6 is 11.3 Å². The first kappa shape index (κ1) is 10.8. The molecular weight excluding hydrogens is 176 g/mol. The number of rotatable bonds is 2. The molecule has 1 heteroatoms. The van der Waals surface area contributed by atoms with Crippen LogP contribution in [0.25, 0.3) is 0 Å². The van der Waals surface area contributed by atoms with Crippen LogP contribution in [-0.4, -0.2) is 0 Å². The molecule has 0 nitrogen and oxygen atoms in total. The van der Waals surface area contributed by atoms with Crippen molar-refractivity contribution in [2.75, 3.05) is 0 Å². The van der Waals surface area contributed by atoms with Crippen LogP contribution in [0.4, 0.5) is 0 Å². The molecule has 0 amide bonds. The first-order valence-corrected chi connectivity index (χ1v) is 5.85. The molecule has 0 aromatic carbocycles. The molecule has 1 aromatic heterocycles. The van der Waals surface area contributed by atoms with Crippen molar-refractivity contribution >= 4 is 11.3 Å². The maximum Gasteiger partial charge on any atom is 0.0102 e. The Morgan fingerprint density at radius 2 is 1.92 bits per heavy atom. The average molecular weight is 196 g/mol. The van der Waals surface area contributed by atoms with Crippen LogP contribution < -0.4 is 0 Å². The van der Waals surface area contributed by atoms with Gasteiger partial charge in [0.1, 0.15) is 0 Å². The van der Waals surface area contributed by atoms with E-state index in [-0.39, 0.29) is 0 Å². The first-order valence-electron chi connectivity index (χ1n) is 4.97. The van der Waals surface area contributed by atoms with Crippen molar-refractivity contribution in [3.05, 3.63) is 21.9 Å². The molecule has 0 fully saturated rings. The highest BCUT2D eigenvalue weighted by Gasteiger charge is 2.15. The Morgan fingerprint density at radius 1 is 1.31 bits per heavy atom. The van der Waals surface area contributed by atoms with Gasteiger partial charge < -0.3 is 0 Å². The maximum absolute atomic E-state index is 2.37. The summed E-state index contributed by atoms with van der Waals surface area (Å²) >= 11 is 1.90. The highest BCUT2D eigenvalue weighted by atomic mass is 32.1. The van der Waals surface area contributed by atoms with Gasteiger partial charge in [-0.15, -0.1) is 11.3 Å². The minimum Gasteiger partial charge on any atom is -0.148 e. The molecule has 74 valence electrons. The normalized spacial score (nSPS) is 12.5. The fourth-order valence-corrected chi connectivity index (χ4v) is 2.36. The smallest absolute Gasteiger partial charge is 0.0102 e. The van der Waals surface area contributed by atoms with E-state index in [1.54, 1.807) is 0 Å². The Hall–Kier alpha value is -0.300. The van der Waals surface area contributed by atoms with E-state index in [1.807, 2.05) is 11.3 Å². The van der Waals surface area contributed by atoms with Crippen molar-refractivity contribution in [3.63, 3.8) is 0 Å². The number of hydrogen-bond acceptors (Lipinski definition) is 1. The molecule has 0 N–H and O–H groups in total. The highest BCUT2D eigenvalue weighted by molar-refractivity contribution is 7.10. The van der Waals surface area contributed by atoms with Gasteiger partial charge in [0, 0.05) is 4.88 Å². The fraction of sp³-hybridized carbons (Fsp3) is 0.667. The second kappa shape index (κ2) is 3.83. The van der Waals surface area contributed by atoms with Gasteiger partial charge in [0.05, 0.1) is 0 Å². The van der Waals surface area contributed by atoms with Crippen molar-refractivity contribution in [3.8, 4) is 0 Å². The highest BCUT2D eigenvalue weighted by Crippen LogP contribution is 2.29. The molecule has 0 atom stereocenters. The van der Waals surface area contributed by atoms with Gasteiger partial charge in [-0.3, -0.25) is 0 Å². The van der Waals surface area contributed by atoms with Crippen molar-refractivity contribution in [2.45, 2.75) is 46.5 Å². The van der Waals surface area contributed by atoms with E-state index in [0.717, 1.165) is 5.92 Å². The molecule has 0 saturated heterocycles. The van der Waals surface area contributed by atoms with E-state index >= 15 is 0 Å². The quantitative estimate of drug-likeness (QED) is 0.663. The van der Waals surface area contributed by atoms with Crippen molar-refractivity contribution in [1.29, 1.82) is 0 Å². The molecular formula is C12H20S. The molecule has 0 unspecified atom stereocenters. The zero-order chi connectivity index (χ0) is 10.1. The fourth-order valence-electron chi connectivity index (χ4n) is 1.35. The standard InChI is InChI=1S/C12H20S/c1-9(2)6-10-7-11(13-8-10)12(3,4)5/h7-9H,6H2,1-5H3. The zero-order valence-electron chi connectivity index (χ0n) is 9.35. The number of hydrogen-bond donors (Lipinski definition) is 0. The third kappa shape index (κ3) is 3.15. The topological polar surface area (TPSA) is 0 Å². The van der Waals surface area contributed by atoms with Crippen LogP contribution in [0.2, 0.25) is 0 Å². The van der Waals surface area contributed by atoms with Gasteiger partial charge in [0.25, 0.3) is 0 Å². The van der Waals surface area contributed by atoms with Crippen molar-refractivity contribution in [1.82, 2.24) is 0 Å². The van der Waals surface area contributed by atoms with Gasteiger partial charge >= 0.3 is 0 Å². The summed E-state index contributed by atoms with van der Waals surface area (Å²) in [6, 6.07) is 2.37. The summed E-state index contributed by atoms with van der Waals surface area (Å²) < 4.78 is 0. The monoisotopic (exact) mass is 196 g/mol. The third-order valence-corrected chi connectivity index (χ3v) is 3.44. The van der Waals surface area contributed by atoms with Gasteiger partial charge in [-0.05, 0) is 34.8 Å². The van der Waals surface area contributed by atoms with Gasteiger partial charge in [-0.2, -0.15) is 0 Å². The van der Waals surface area contributed by atoms with E-state index in [1.165, 1.54) is 16.9 Å². The molecule has 0 aliphatic rings. The van der Waals surface area contributed by atoms with Crippen LogP contribution in [0, 0.1) is 5.92 Å². The largest absolute Gasteiger partial charge is 0.148 e. The summed E-state index contributed by atoms with van der Waals surface area (Å²) in [4.78, 5) is 1.50. The van der Waals surface area contributed by atoms with Gasteiger partial charge in [0.2, 0.25) is 0 Å². The predicted octanol–water partition coefficient (Wildman–Crippen LogP) is 4.24. The Kier molecular flexibility index (Phi) is 3.18. The van der Waals surface area contributed by atoms with E-state index < -0.39 is 0 Å². The summed E-state index contributed by atoms with van der Waals surface area (Å²) in [5.74, 6) is 0.766.